The van der Waals surface area contributed by atoms with Gasteiger partial charge < -0.3 is 15.2 Å². The third-order valence-corrected chi connectivity index (χ3v) is 3.38. The van der Waals surface area contributed by atoms with Crippen LogP contribution in [-0.4, -0.2) is 29.2 Å². The third kappa shape index (κ3) is 5.37. The number of aliphatic hydroxyl groups excluding tert-OH is 1. The zero-order valence-corrected chi connectivity index (χ0v) is 13.5. The fourth-order valence-corrected chi connectivity index (χ4v) is 2.07. The second kappa shape index (κ2) is 8.89. The van der Waals surface area contributed by atoms with Crippen LogP contribution < -0.4 is 5.32 Å². The van der Waals surface area contributed by atoms with Gasteiger partial charge in [0.15, 0.2) is 0 Å². The molecule has 0 aliphatic carbocycles. The molecule has 0 bridgehead atoms. The highest BCUT2D eigenvalue weighted by Gasteiger charge is 2.14. The van der Waals surface area contributed by atoms with Crippen LogP contribution in [0.1, 0.15) is 38.9 Å². The molecule has 0 amide bonds. The molecule has 7 nitrogen and oxygen atoms in total. The van der Waals surface area contributed by atoms with Crippen LogP contribution in [0.25, 0.3) is 0 Å². The summed E-state index contributed by atoms with van der Waals surface area (Å²) in [5.74, 6) is -0.371. The summed E-state index contributed by atoms with van der Waals surface area (Å²) >= 11 is 0. The number of nitro benzene ring substituents is 1. The van der Waals surface area contributed by atoms with Crippen molar-refractivity contribution in [2.75, 3.05) is 13.2 Å². The number of rotatable bonds is 8. The van der Waals surface area contributed by atoms with Crippen molar-refractivity contribution < 1.29 is 19.6 Å². The summed E-state index contributed by atoms with van der Waals surface area (Å²) in [6.45, 7) is 5.84. The summed E-state index contributed by atoms with van der Waals surface area (Å²) in [5, 5.41) is 23.7. The summed E-state index contributed by atoms with van der Waals surface area (Å²) < 4.78 is 4.98. The van der Waals surface area contributed by atoms with Crippen molar-refractivity contribution in [3.63, 3.8) is 0 Å². The number of aliphatic hydroxyl groups is 1. The smallest absolute Gasteiger partial charge is 0.335 e. The van der Waals surface area contributed by atoms with Gasteiger partial charge in [0.05, 0.1) is 23.2 Å². The molecule has 0 fully saturated rings. The van der Waals surface area contributed by atoms with Crippen molar-refractivity contribution >= 4 is 11.7 Å². The zero-order valence-electron chi connectivity index (χ0n) is 13.5. The van der Waals surface area contributed by atoms with E-state index in [1.54, 1.807) is 13.8 Å². The summed E-state index contributed by atoms with van der Waals surface area (Å²) in [6.07, 6.45) is -0.322. The van der Waals surface area contributed by atoms with Crippen LogP contribution in [-0.2, 0) is 9.53 Å². The maximum atomic E-state index is 11.8. The molecule has 2 N–H and O–H groups in total. The highest BCUT2D eigenvalue weighted by Crippen LogP contribution is 2.18. The van der Waals surface area contributed by atoms with Crippen molar-refractivity contribution in [2.24, 2.45) is 0 Å². The number of non-ortho nitro benzene ring substituents is 1. The van der Waals surface area contributed by atoms with Gasteiger partial charge in [-0.3, -0.25) is 10.1 Å². The number of hydrogen-bond acceptors (Lipinski definition) is 6. The van der Waals surface area contributed by atoms with Gasteiger partial charge in [-0.25, -0.2) is 4.79 Å². The number of esters is 1. The SMILES string of the molecule is CCOC(=O)/C(CC)=C(/C)NCC(O)c1ccc([N+](=O)[O-])cc1. The van der Waals surface area contributed by atoms with E-state index in [1.165, 1.54) is 24.3 Å². The highest BCUT2D eigenvalue weighted by atomic mass is 16.6. The molecule has 0 saturated heterocycles. The normalized spacial score (nSPS) is 13.0. The summed E-state index contributed by atoms with van der Waals surface area (Å²) in [5.41, 5.74) is 1.71. The van der Waals surface area contributed by atoms with E-state index in [0.29, 0.717) is 29.9 Å². The summed E-state index contributed by atoms with van der Waals surface area (Å²) in [4.78, 5) is 21.9. The van der Waals surface area contributed by atoms with Crippen LogP contribution in [0.3, 0.4) is 0 Å². The first kappa shape index (κ1) is 18.6. The number of benzene rings is 1. The Labute approximate surface area is 135 Å². The molecular formula is C16H22N2O5. The molecule has 1 aromatic carbocycles. The molecule has 1 unspecified atom stereocenters. The number of allylic oxidation sites excluding steroid dienone is 1. The third-order valence-electron chi connectivity index (χ3n) is 3.38. The standard InChI is InChI=1S/C16H22N2O5/c1-4-14(16(20)23-5-2)11(3)17-10-15(19)12-6-8-13(9-7-12)18(21)22/h6-9,15,17,19H,4-5,10H2,1-3H3/b14-11-. The molecular weight excluding hydrogens is 300 g/mol. The van der Waals surface area contributed by atoms with Crippen LogP contribution in [0.2, 0.25) is 0 Å². The van der Waals surface area contributed by atoms with Gasteiger partial charge in [-0.05, 0) is 38.0 Å². The van der Waals surface area contributed by atoms with Crippen molar-refractivity contribution in [3.05, 3.63) is 51.2 Å². The lowest BCUT2D eigenvalue weighted by Crippen LogP contribution is -2.23. The van der Waals surface area contributed by atoms with Gasteiger partial charge in [-0.1, -0.05) is 6.92 Å². The fourth-order valence-electron chi connectivity index (χ4n) is 2.07. The van der Waals surface area contributed by atoms with Crippen molar-refractivity contribution in [1.82, 2.24) is 5.32 Å². The summed E-state index contributed by atoms with van der Waals surface area (Å²) in [7, 11) is 0. The Bertz CT molecular complexity index is 581. The van der Waals surface area contributed by atoms with Gasteiger partial charge in [0.25, 0.3) is 5.69 Å². The molecule has 23 heavy (non-hydrogen) atoms. The van der Waals surface area contributed by atoms with Gasteiger partial charge in [-0.2, -0.15) is 0 Å². The Kier molecular flexibility index (Phi) is 7.21. The molecule has 0 aliphatic heterocycles. The summed E-state index contributed by atoms with van der Waals surface area (Å²) in [6, 6.07) is 5.71. The average Bonchev–Trinajstić information content (AvgIpc) is 2.53. The van der Waals surface area contributed by atoms with E-state index in [-0.39, 0.29) is 18.2 Å². The Morgan fingerprint density at radius 1 is 1.35 bits per heavy atom. The molecule has 0 radical (unpaired) electrons. The van der Waals surface area contributed by atoms with E-state index in [9.17, 15) is 20.0 Å². The quantitative estimate of drug-likeness (QED) is 0.330. The molecule has 0 aromatic heterocycles. The van der Waals surface area contributed by atoms with Gasteiger partial charge in [0, 0.05) is 24.4 Å². The lowest BCUT2D eigenvalue weighted by Gasteiger charge is -2.16. The molecule has 1 atom stereocenters. The number of nitro groups is 1. The van der Waals surface area contributed by atoms with E-state index in [4.69, 9.17) is 4.74 Å². The molecule has 0 saturated carbocycles. The number of carbonyl (C=O) groups is 1. The van der Waals surface area contributed by atoms with Crippen LogP contribution in [0.15, 0.2) is 35.5 Å². The van der Waals surface area contributed by atoms with Crippen molar-refractivity contribution in [3.8, 4) is 0 Å². The maximum absolute atomic E-state index is 11.8. The molecule has 0 heterocycles. The van der Waals surface area contributed by atoms with Crippen molar-refractivity contribution in [2.45, 2.75) is 33.3 Å². The first-order chi connectivity index (χ1) is 10.9. The number of carbonyl (C=O) groups excluding carboxylic acids is 1. The minimum absolute atomic E-state index is 0.0273. The van der Waals surface area contributed by atoms with Crippen LogP contribution >= 0.6 is 0 Å². The lowest BCUT2D eigenvalue weighted by atomic mass is 10.1. The lowest BCUT2D eigenvalue weighted by molar-refractivity contribution is -0.384. The fraction of sp³-hybridized carbons (Fsp3) is 0.438. The Balaban J connectivity index is 2.71. The predicted octanol–water partition coefficient (Wildman–Crippen LogP) is 2.46. The van der Waals surface area contributed by atoms with Gasteiger partial charge in [0.2, 0.25) is 0 Å². The molecule has 126 valence electrons. The molecule has 0 aliphatic rings. The molecule has 7 heteroatoms. The van der Waals surface area contributed by atoms with Crippen LogP contribution in [0.4, 0.5) is 5.69 Å². The maximum Gasteiger partial charge on any atom is 0.335 e. The van der Waals surface area contributed by atoms with E-state index >= 15 is 0 Å². The van der Waals surface area contributed by atoms with Crippen molar-refractivity contribution in [1.29, 1.82) is 0 Å². The van der Waals surface area contributed by atoms with Gasteiger partial charge in [0.1, 0.15) is 0 Å². The van der Waals surface area contributed by atoms with Gasteiger partial charge in [-0.15, -0.1) is 0 Å². The first-order valence-corrected chi connectivity index (χ1v) is 7.43. The van der Waals surface area contributed by atoms with Gasteiger partial charge >= 0.3 is 5.97 Å². The number of nitrogens with zero attached hydrogens (tertiary/aromatic N) is 1. The molecule has 1 aromatic rings. The zero-order chi connectivity index (χ0) is 17.4. The number of nitrogens with one attached hydrogen (secondary N) is 1. The molecule has 1 rings (SSSR count). The van der Waals surface area contributed by atoms with Crippen LogP contribution in [0.5, 0.6) is 0 Å². The predicted molar refractivity (Wildman–Crippen MR) is 85.7 cm³/mol. The minimum atomic E-state index is -0.842. The highest BCUT2D eigenvalue weighted by molar-refractivity contribution is 5.89. The Morgan fingerprint density at radius 3 is 2.43 bits per heavy atom. The monoisotopic (exact) mass is 322 g/mol. The Morgan fingerprint density at radius 2 is 1.96 bits per heavy atom. The molecule has 0 spiro atoms. The van der Waals surface area contributed by atoms with E-state index in [2.05, 4.69) is 5.32 Å². The Hall–Kier alpha value is -2.41. The largest absolute Gasteiger partial charge is 0.463 e. The van der Waals surface area contributed by atoms with Crippen LogP contribution in [0, 0.1) is 10.1 Å². The second-order valence-corrected chi connectivity index (χ2v) is 4.92. The number of ether oxygens (including phenoxy) is 1. The van der Waals surface area contributed by atoms with E-state index < -0.39 is 11.0 Å². The second-order valence-electron chi connectivity index (χ2n) is 4.92. The first-order valence-electron chi connectivity index (χ1n) is 7.43. The minimum Gasteiger partial charge on any atom is -0.463 e. The topological polar surface area (TPSA) is 102 Å². The number of hydrogen-bond donors (Lipinski definition) is 2. The van der Waals surface area contributed by atoms with E-state index in [1.807, 2.05) is 6.92 Å². The average molecular weight is 322 g/mol. The van der Waals surface area contributed by atoms with E-state index in [0.717, 1.165) is 0 Å².